The molecule has 0 spiro atoms. The van der Waals surface area contributed by atoms with Crippen LogP contribution in [0.4, 0.5) is 0 Å². The van der Waals surface area contributed by atoms with Crippen LogP contribution in [-0.4, -0.2) is 22.2 Å². The molecule has 0 aliphatic rings. The van der Waals surface area contributed by atoms with E-state index in [0.29, 0.717) is 16.0 Å². The second kappa shape index (κ2) is 6.12. The van der Waals surface area contributed by atoms with Gasteiger partial charge in [0.1, 0.15) is 11.1 Å². The molecule has 0 bridgehead atoms. The normalized spacial score (nSPS) is 11.4. The summed E-state index contributed by atoms with van der Waals surface area (Å²) >= 11 is 1.48. The molecule has 1 aromatic heterocycles. The van der Waals surface area contributed by atoms with E-state index in [1.807, 2.05) is 24.3 Å². The molecule has 0 saturated carbocycles. The predicted molar refractivity (Wildman–Crippen MR) is 89.4 cm³/mol. The summed E-state index contributed by atoms with van der Waals surface area (Å²) in [5.41, 5.74) is 2.58. The fourth-order valence-corrected chi connectivity index (χ4v) is 2.99. The Kier molecular flexibility index (Phi) is 4.03. The fourth-order valence-electron chi connectivity index (χ4n) is 2.06. The van der Waals surface area contributed by atoms with Crippen molar-refractivity contribution in [1.82, 2.24) is 4.98 Å². The summed E-state index contributed by atoms with van der Waals surface area (Å²) in [6, 6.07) is 16.6. The Hall–Kier alpha value is -2.46. The Morgan fingerprint density at radius 1 is 1.14 bits per heavy atom. The smallest absolute Gasteiger partial charge is 0.423 e. The van der Waals surface area contributed by atoms with Crippen LogP contribution in [0, 0.1) is 11.3 Å². The Balaban J connectivity index is 1.97. The predicted octanol–water partition coefficient (Wildman–Crippen LogP) is 2.04. The standard InChI is InChI=1S/C16H11BN2O2S/c18-10-12(9-11-5-7-13(8-6-11)17(20)21)16-19-14-3-1-2-4-15(14)22-16/h1-9,20-21H/b12-9+. The van der Waals surface area contributed by atoms with E-state index >= 15 is 0 Å². The van der Waals surface area contributed by atoms with Crippen LogP contribution < -0.4 is 5.46 Å². The van der Waals surface area contributed by atoms with Gasteiger partial charge in [0, 0.05) is 0 Å². The molecule has 0 aliphatic carbocycles. The van der Waals surface area contributed by atoms with E-state index in [1.54, 1.807) is 30.3 Å². The minimum absolute atomic E-state index is 0.413. The number of hydrogen-bond acceptors (Lipinski definition) is 5. The molecule has 0 unspecified atom stereocenters. The van der Waals surface area contributed by atoms with Gasteiger partial charge in [-0.2, -0.15) is 5.26 Å². The van der Waals surface area contributed by atoms with Gasteiger partial charge in [-0.25, -0.2) is 4.98 Å². The topological polar surface area (TPSA) is 77.1 Å². The zero-order valence-electron chi connectivity index (χ0n) is 11.5. The molecule has 0 saturated heterocycles. The number of benzene rings is 2. The number of allylic oxidation sites excluding steroid dienone is 1. The maximum Gasteiger partial charge on any atom is 0.488 e. The van der Waals surface area contributed by atoms with Gasteiger partial charge in [-0.15, -0.1) is 11.3 Å². The number of thiazole rings is 1. The summed E-state index contributed by atoms with van der Waals surface area (Å²) in [7, 11) is -1.49. The van der Waals surface area contributed by atoms with E-state index in [4.69, 9.17) is 10.0 Å². The van der Waals surface area contributed by atoms with Crippen LogP contribution in [0.1, 0.15) is 10.6 Å². The van der Waals surface area contributed by atoms with Crippen molar-refractivity contribution in [3.63, 3.8) is 0 Å². The Bertz CT molecular complexity index is 846. The van der Waals surface area contributed by atoms with Gasteiger partial charge in [0.2, 0.25) is 0 Å². The molecule has 0 atom stereocenters. The Labute approximate surface area is 131 Å². The second-order valence-corrected chi connectivity index (χ2v) is 5.73. The molecule has 2 aromatic carbocycles. The van der Waals surface area contributed by atoms with E-state index in [9.17, 15) is 5.26 Å². The highest BCUT2D eigenvalue weighted by molar-refractivity contribution is 7.19. The molecule has 22 heavy (non-hydrogen) atoms. The summed E-state index contributed by atoms with van der Waals surface area (Å²) < 4.78 is 1.04. The number of aromatic nitrogens is 1. The maximum absolute atomic E-state index is 9.38. The number of para-hydroxylation sites is 1. The van der Waals surface area contributed by atoms with Crippen molar-refractivity contribution >= 4 is 45.8 Å². The zero-order valence-corrected chi connectivity index (χ0v) is 12.3. The van der Waals surface area contributed by atoms with E-state index in [1.165, 1.54) is 11.3 Å². The lowest BCUT2D eigenvalue weighted by atomic mass is 9.80. The maximum atomic E-state index is 9.38. The first kappa shape index (κ1) is 14.5. The lowest BCUT2D eigenvalue weighted by Crippen LogP contribution is -2.29. The number of fused-ring (bicyclic) bond motifs is 1. The molecule has 3 aromatic rings. The van der Waals surface area contributed by atoms with Crippen LogP contribution in [0.25, 0.3) is 21.9 Å². The van der Waals surface area contributed by atoms with Crippen LogP contribution in [0.2, 0.25) is 0 Å². The van der Waals surface area contributed by atoms with Crippen molar-refractivity contribution in [2.45, 2.75) is 0 Å². The van der Waals surface area contributed by atoms with E-state index in [0.717, 1.165) is 15.8 Å². The highest BCUT2D eigenvalue weighted by Crippen LogP contribution is 2.27. The van der Waals surface area contributed by atoms with Crippen molar-refractivity contribution in [2.24, 2.45) is 0 Å². The minimum atomic E-state index is -1.49. The third-order valence-corrected chi connectivity index (χ3v) is 4.26. The van der Waals surface area contributed by atoms with Crippen molar-refractivity contribution in [2.75, 3.05) is 0 Å². The number of rotatable bonds is 3. The second-order valence-electron chi connectivity index (χ2n) is 4.70. The quantitative estimate of drug-likeness (QED) is 0.573. The Morgan fingerprint density at radius 2 is 1.86 bits per heavy atom. The highest BCUT2D eigenvalue weighted by Gasteiger charge is 2.11. The van der Waals surface area contributed by atoms with Gasteiger partial charge in [0.15, 0.2) is 0 Å². The van der Waals surface area contributed by atoms with E-state index in [2.05, 4.69) is 11.1 Å². The molecule has 3 rings (SSSR count). The number of nitriles is 1. The van der Waals surface area contributed by atoms with Crippen molar-refractivity contribution in [3.8, 4) is 6.07 Å². The van der Waals surface area contributed by atoms with Crippen molar-refractivity contribution < 1.29 is 10.0 Å². The molecule has 0 radical (unpaired) electrons. The first-order chi connectivity index (χ1) is 10.7. The molecular weight excluding hydrogens is 295 g/mol. The molecule has 0 fully saturated rings. The lowest BCUT2D eigenvalue weighted by molar-refractivity contribution is 0.426. The fraction of sp³-hybridized carbons (Fsp3) is 0. The number of hydrogen-bond donors (Lipinski definition) is 2. The van der Waals surface area contributed by atoms with E-state index < -0.39 is 7.12 Å². The van der Waals surface area contributed by atoms with Crippen LogP contribution in [-0.2, 0) is 0 Å². The van der Waals surface area contributed by atoms with Gasteiger partial charge in [0.25, 0.3) is 0 Å². The first-order valence-electron chi connectivity index (χ1n) is 6.61. The van der Waals surface area contributed by atoms with Crippen molar-refractivity contribution in [1.29, 1.82) is 5.26 Å². The van der Waals surface area contributed by atoms with Crippen LogP contribution in [0.3, 0.4) is 0 Å². The van der Waals surface area contributed by atoms with Crippen LogP contribution in [0.15, 0.2) is 48.5 Å². The lowest BCUT2D eigenvalue weighted by Gasteiger charge is -2.00. The van der Waals surface area contributed by atoms with E-state index in [-0.39, 0.29) is 0 Å². The van der Waals surface area contributed by atoms with Crippen LogP contribution in [0.5, 0.6) is 0 Å². The summed E-state index contributed by atoms with van der Waals surface area (Å²) in [6.45, 7) is 0. The summed E-state index contributed by atoms with van der Waals surface area (Å²) in [4.78, 5) is 4.47. The average molecular weight is 306 g/mol. The molecule has 2 N–H and O–H groups in total. The zero-order chi connectivity index (χ0) is 15.5. The van der Waals surface area contributed by atoms with Gasteiger partial charge in [-0.1, -0.05) is 36.4 Å². The number of nitrogens with zero attached hydrogens (tertiary/aromatic N) is 2. The monoisotopic (exact) mass is 306 g/mol. The minimum Gasteiger partial charge on any atom is -0.423 e. The van der Waals surface area contributed by atoms with Crippen LogP contribution >= 0.6 is 11.3 Å². The average Bonchev–Trinajstić information content (AvgIpc) is 2.96. The molecular formula is C16H11BN2O2S. The van der Waals surface area contributed by atoms with Gasteiger partial charge in [0.05, 0.1) is 15.8 Å². The van der Waals surface area contributed by atoms with Gasteiger partial charge < -0.3 is 10.0 Å². The molecule has 4 nitrogen and oxygen atoms in total. The van der Waals surface area contributed by atoms with Gasteiger partial charge >= 0.3 is 7.12 Å². The van der Waals surface area contributed by atoms with Gasteiger partial charge in [-0.3, -0.25) is 0 Å². The molecule has 6 heteroatoms. The summed E-state index contributed by atoms with van der Waals surface area (Å²) in [5.74, 6) is 0. The molecule has 0 amide bonds. The SMILES string of the molecule is N#C/C(=C\c1ccc(B(O)O)cc1)c1nc2ccccc2s1. The highest BCUT2D eigenvalue weighted by atomic mass is 32.1. The van der Waals surface area contributed by atoms with Crippen molar-refractivity contribution in [3.05, 3.63) is 59.1 Å². The molecule has 106 valence electrons. The molecule has 1 heterocycles. The summed E-state index contributed by atoms with van der Waals surface area (Å²) in [6.07, 6.45) is 1.74. The molecule has 0 aliphatic heterocycles. The van der Waals surface area contributed by atoms with Gasteiger partial charge in [-0.05, 0) is 29.2 Å². The largest absolute Gasteiger partial charge is 0.488 e. The first-order valence-corrected chi connectivity index (χ1v) is 7.43. The Morgan fingerprint density at radius 3 is 2.50 bits per heavy atom. The summed E-state index contributed by atoms with van der Waals surface area (Å²) in [5, 5.41) is 28.2. The third kappa shape index (κ3) is 2.92. The third-order valence-electron chi connectivity index (χ3n) is 3.19.